The van der Waals surface area contributed by atoms with Crippen LogP contribution in [-0.4, -0.2) is 42.5 Å². The van der Waals surface area contributed by atoms with Crippen molar-refractivity contribution in [2.45, 2.75) is 13.0 Å². The molecule has 1 aromatic carbocycles. The van der Waals surface area contributed by atoms with Gasteiger partial charge in [-0.05, 0) is 50.2 Å². The number of carbonyl (C=O) groups is 1. The van der Waals surface area contributed by atoms with Crippen LogP contribution in [0.5, 0.6) is 0 Å². The third kappa shape index (κ3) is 4.32. The van der Waals surface area contributed by atoms with E-state index in [1.54, 1.807) is 6.20 Å². The average molecular weight is 324 g/mol. The lowest BCUT2D eigenvalue weighted by atomic mass is 10.1. The highest BCUT2D eigenvalue weighted by molar-refractivity contribution is 5.99. The zero-order valence-electron chi connectivity index (χ0n) is 14.0. The van der Waals surface area contributed by atoms with E-state index in [-0.39, 0.29) is 5.91 Å². The van der Waals surface area contributed by atoms with E-state index in [1.165, 1.54) is 0 Å². The number of carbonyl (C=O) groups excluding carboxylic acids is 1. The molecular formula is C19H24N4O. The topological polar surface area (TPSA) is 57.3 Å². The lowest BCUT2D eigenvalue weighted by Crippen LogP contribution is -2.31. The van der Waals surface area contributed by atoms with Crippen LogP contribution in [0.15, 0.2) is 48.7 Å². The molecule has 0 saturated carbocycles. The smallest absolute Gasteiger partial charge is 0.253 e. The third-order valence-electron chi connectivity index (χ3n) is 4.40. The van der Waals surface area contributed by atoms with Gasteiger partial charge in [0.1, 0.15) is 0 Å². The first-order valence-corrected chi connectivity index (χ1v) is 8.42. The van der Waals surface area contributed by atoms with Crippen LogP contribution < -0.4 is 10.6 Å². The molecule has 3 rings (SSSR count). The molecule has 2 heterocycles. The fourth-order valence-electron chi connectivity index (χ4n) is 3.05. The largest absolute Gasteiger partial charge is 0.379 e. The van der Waals surface area contributed by atoms with Gasteiger partial charge in [0.05, 0.1) is 17.8 Å². The Balaban J connectivity index is 1.59. The molecular weight excluding hydrogens is 300 g/mol. The summed E-state index contributed by atoms with van der Waals surface area (Å²) in [4.78, 5) is 19.1. The van der Waals surface area contributed by atoms with Crippen LogP contribution in [0.1, 0.15) is 22.5 Å². The number of hydrogen-bond donors (Lipinski definition) is 2. The minimum absolute atomic E-state index is 0.0197. The summed E-state index contributed by atoms with van der Waals surface area (Å²) in [6.07, 6.45) is 2.92. The van der Waals surface area contributed by atoms with Crippen LogP contribution in [0.3, 0.4) is 0 Å². The van der Waals surface area contributed by atoms with Crippen molar-refractivity contribution in [2.75, 3.05) is 32.0 Å². The van der Waals surface area contributed by atoms with Crippen molar-refractivity contribution in [3.05, 3.63) is 59.9 Å². The van der Waals surface area contributed by atoms with Gasteiger partial charge in [-0.3, -0.25) is 9.78 Å². The Labute approximate surface area is 143 Å². The van der Waals surface area contributed by atoms with E-state index in [0.29, 0.717) is 18.0 Å². The highest BCUT2D eigenvalue weighted by Gasteiger charge is 2.20. The second-order valence-electron chi connectivity index (χ2n) is 6.35. The van der Waals surface area contributed by atoms with Crippen molar-refractivity contribution < 1.29 is 4.79 Å². The van der Waals surface area contributed by atoms with Crippen molar-refractivity contribution in [3.63, 3.8) is 0 Å². The van der Waals surface area contributed by atoms with Gasteiger partial charge in [-0.2, -0.15) is 0 Å². The van der Waals surface area contributed by atoms with Crippen molar-refractivity contribution in [1.82, 2.24) is 15.2 Å². The molecule has 1 saturated heterocycles. The molecule has 0 unspecified atom stereocenters. The first-order chi connectivity index (χ1) is 11.7. The number of para-hydroxylation sites is 1. The molecule has 0 radical (unpaired) electrons. The Morgan fingerprint density at radius 2 is 2.08 bits per heavy atom. The van der Waals surface area contributed by atoms with Crippen molar-refractivity contribution in [3.8, 4) is 0 Å². The maximum Gasteiger partial charge on any atom is 0.253 e. The zero-order valence-corrected chi connectivity index (χ0v) is 14.0. The molecule has 2 N–H and O–H groups in total. The highest BCUT2D eigenvalue weighted by atomic mass is 16.1. The van der Waals surface area contributed by atoms with Gasteiger partial charge in [0, 0.05) is 25.0 Å². The first kappa shape index (κ1) is 16.5. The van der Waals surface area contributed by atoms with Crippen LogP contribution in [0, 0.1) is 5.92 Å². The summed E-state index contributed by atoms with van der Waals surface area (Å²) in [5.74, 6) is 0.529. The summed E-state index contributed by atoms with van der Waals surface area (Å²) < 4.78 is 0. The Kier molecular flexibility index (Phi) is 5.43. The number of likely N-dealkylation sites (tertiary alicyclic amines) is 1. The predicted molar refractivity (Wildman–Crippen MR) is 95.9 cm³/mol. The monoisotopic (exact) mass is 324 g/mol. The maximum absolute atomic E-state index is 12.5. The van der Waals surface area contributed by atoms with E-state index in [1.807, 2.05) is 42.5 Å². The second-order valence-corrected chi connectivity index (χ2v) is 6.35. The minimum Gasteiger partial charge on any atom is -0.379 e. The molecule has 5 heteroatoms. The van der Waals surface area contributed by atoms with Gasteiger partial charge in [-0.1, -0.05) is 18.2 Å². The normalized spacial score (nSPS) is 17.6. The van der Waals surface area contributed by atoms with Crippen molar-refractivity contribution in [2.24, 2.45) is 5.92 Å². The molecule has 1 aromatic heterocycles. The van der Waals surface area contributed by atoms with Crippen molar-refractivity contribution in [1.29, 1.82) is 0 Å². The summed E-state index contributed by atoms with van der Waals surface area (Å²) in [6, 6.07) is 13.4. The number of benzene rings is 1. The van der Waals surface area contributed by atoms with Crippen LogP contribution in [0.25, 0.3) is 0 Å². The van der Waals surface area contributed by atoms with Crippen LogP contribution in [0.4, 0.5) is 5.69 Å². The van der Waals surface area contributed by atoms with Gasteiger partial charge >= 0.3 is 0 Å². The third-order valence-corrected chi connectivity index (χ3v) is 4.40. The van der Waals surface area contributed by atoms with Crippen LogP contribution >= 0.6 is 0 Å². The Bertz CT molecular complexity index is 674. The van der Waals surface area contributed by atoms with Gasteiger partial charge in [-0.25, -0.2) is 0 Å². The van der Waals surface area contributed by atoms with Crippen LogP contribution in [0.2, 0.25) is 0 Å². The molecule has 1 amide bonds. The number of nitrogens with zero attached hydrogens (tertiary/aromatic N) is 2. The fraction of sp³-hybridized carbons (Fsp3) is 0.368. The van der Waals surface area contributed by atoms with E-state index in [9.17, 15) is 4.79 Å². The molecule has 1 fully saturated rings. The number of rotatable bonds is 6. The zero-order chi connectivity index (χ0) is 16.8. The highest BCUT2D eigenvalue weighted by Crippen LogP contribution is 2.17. The summed E-state index contributed by atoms with van der Waals surface area (Å²) in [5.41, 5.74) is 2.46. The van der Waals surface area contributed by atoms with E-state index in [4.69, 9.17) is 0 Å². The standard InChI is InChI=1S/C19H24N4O/c1-23-11-9-15(14-23)12-22-19(24)17-7-2-3-8-18(17)21-13-16-6-4-5-10-20-16/h2-8,10,15,21H,9,11-14H2,1H3,(H,22,24)/t15-/m0/s1. The number of anilines is 1. The van der Waals surface area contributed by atoms with Gasteiger partial charge in [0.15, 0.2) is 0 Å². The Morgan fingerprint density at radius 1 is 1.25 bits per heavy atom. The molecule has 1 aliphatic heterocycles. The van der Waals surface area contributed by atoms with Crippen molar-refractivity contribution >= 4 is 11.6 Å². The summed E-state index contributed by atoms with van der Waals surface area (Å²) in [6.45, 7) is 3.50. The molecule has 1 aliphatic rings. The Morgan fingerprint density at radius 3 is 2.83 bits per heavy atom. The van der Waals surface area contributed by atoms with E-state index in [2.05, 4.69) is 27.6 Å². The number of nitrogens with one attached hydrogen (secondary N) is 2. The number of aromatic nitrogens is 1. The quantitative estimate of drug-likeness (QED) is 0.856. The summed E-state index contributed by atoms with van der Waals surface area (Å²) >= 11 is 0. The molecule has 0 spiro atoms. The lowest BCUT2D eigenvalue weighted by Gasteiger charge is -2.14. The van der Waals surface area contributed by atoms with Gasteiger partial charge in [-0.15, -0.1) is 0 Å². The van der Waals surface area contributed by atoms with Gasteiger partial charge in [0.2, 0.25) is 0 Å². The summed E-state index contributed by atoms with van der Waals surface area (Å²) in [5, 5.41) is 6.39. The molecule has 2 aromatic rings. The SMILES string of the molecule is CN1CC[C@@H](CNC(=O)c2ccccc2NCc2ccccn2)C1. The minimum atomic E-state index is -0.0197. The Hall–Kier alpha value is -2.40. The molecule has 5 nitrogen and oxygen atoms in total. The van der Waals surface area contributed by atoms with Gasteiger partial charge in [0.25, 0.3) is 5.91 Å². The maximum atomic E-state index is 12.5. The average Bonchev–Trinajstić information content (AvgIpc) is 3.04. The molecule has 0 bridgehead atoms. The van der Waals surface area contributed by atoms with Crippen LogP contribution in [-0.2, 0) is 6.54 Å². The summed E-state index contributed by atoms with van der Waals surface area (Å²) in [7, 11) is 2.12. The molecule has 0 aliphatic carbocycles. The van der Waals surface area contributed by atoms with E-state index >= 15 is 0 Å². The predicted octanol–water partition coefficient (Wildman–Crippen LogP) is 2.38. The van der Waals surface area contributed by atoms with E-state index in [0.717, 1.165) is 37.4 Å². The number of hydrogen-bond acceptors (Lipinski definition) is 4. The lowest BCUT2D eigenvalue weighted by molar-refractivity contribution is 0.0948. The number of pyridine rings is 1. The van der Waals surface area contributed by atoms with E-state index < -0.39 is 0 Å². The first-order valence-electron chi connectivity index (χ1n) is 8.42. The molecule has 1 atom stereocenters. The molecule has 126 valence electrons. The second kappa shape index (κ2) is 7.93. The van der Waals surface area contributed by atoms with Gasteiger partial charge < -0.3 is 15.5 Å². The molecule has 24 heavy (non-hydrogen) atoms. The number of amides is 1. The fourth-order valence-corrected chi connectivity index (χ4v) is 3.05.